The molecule has 10 heteroatoms. The van der Waals surface area contributed by atoms with Crippen molar-refractivity contribution < 1.29 is 9.59 Å². The lowest BCUT2D eigenvalue weighted by Gasteiger charge is -2.08. The number of anilines is 2. The van der Waals surface area contributed by atoms with Crippen molar-refractivity contribution in [2.45, 2.75) is 11.6 Å². The van der Waals surface area contributed by atoms with Gasteiger partial charge in [0.2, 0.25) is 11.8 Å². The Morgan fingerprint density at radius 2 is 1.79 bits per heavy atom. The number of hydrogen-bond donors (Lipinski definition) is 2. The summed E-state index contributed by atoms with van der Waals surface area (Å²) in [4.78, 5) is 24.4. The summed E-state index contributed by atoms with van der Waals surface area (Å²) in [6, 6.07) is 14.0. The van der Waals surface area contributed by atoms with Crippen LogP contribution in [0.1, 0.15) is 5.82 Å². The van der Waals surface area contributed by atoms with E-state index in [2.05, 4.69) is 20.8 Å². The minimum atomic E-state index is -0.259. The van der Waals surface area contributed by atoms with Gasteiger partial charge in [0.25, 0.3) is 0 Å². The van der Waals surface area contributed by atoms with Gasteiger partial charge < -0.3 is 15.2 Å². The van der Waals surface area contributed by atoms with Crippen LogP contribution in [0.4, 0.5) is 11.4 Å². The zero-order valence-corrected chi connectivity index (χ0v) is 17.7. The highest BCUT2D eigenvalue weighted by atomic mass is 35.5. The number of halogens is 2. The molecule has 2 N–H and O–H groups in total. The topological polar surface area (TPSA) is 88.9 Å². The summed E-state index contributed by atoms with van der Waals surface area (Å²) in [5.41, 5.74) is 1.16. The van der Waals surface area contributed by atoms with Crippen LogP contribution in [0.2, 0.25) is 10.0 Å². The molecule has 2 aromatic carbocycles. The molecule has 0 atom stereocenters. The molecule has 1 heterocycles. The Bertz CT molecular complexity index is 1030. The van der Waals surface area contributed by atoms with Crippen molar-refractivity contribution in [3.05, 3.63) is 64.4 Å². The Kier molecular flexibility index (Phi) is 7.13. The predicted octanol–water partition coefficient (Wildman–Crippen LogP) is 4.03. The lowest BCUT2D eigenvalue weighted by atomic mass is 10.3. The normalized spacial score (nSPS) is 10.6. The first-order chi connectivity index (χ1) is 13.9. The summed E-state index contributed by atoms with van der Waals surface area (Å²) in [6.07, 6.45) is 0.0727. The fourth-order valence-electron chi connectivity index (χ4n) is 2.40. The SMILES string of the molecule is Cn1c(CC(=O)Nc2ccccc2)nnc1SCC(=O)Nc1cc(Cl)ccc1Cl. The standard InChI is InChI=1S/C19H17Cl2N5O2S/c1-26-16(10-17(27)22-13-5-3-2-4-6-13)24-25-19(26)29-11-18(28)23-15-9-12(20)7-8-14(15)21/h2-9H,10-11H2,1H3,(H,22,27)(H,23,28). The van der Waals surface area contributed by atoms with Gasteiger partial charge in [-0.3, -0.25) is 9.59 Å². The zero-order chi connectivity index (χ0) is 20.8. The molecule has 3 aromatic rings. The van der Waals surface area contributed by atoms with Crippen LogP contribution in [0.25, 0.3) is 0 Å². The van der Waals surface area contributed by atoms with Gasteiger partial charge in [0, 0.05) is 17.8 Å². The zero-order valence-electron chi connectivity index (χ0n) is 15.4. The molecule has 0 aliphatic rings. The summed E-state index contributed by atoms with van der Waals surface area (Å²) >= 11 is 13.2. The molecule has 0 aliphatic heterocycles. The Labute approximate surface area is 181 Å². The molecule has 0 unspecified atom stereocenters. The second-order valence-corrected chi connectivity index (χ2v) is 7.80. The summed E-state index contributed by atoms with van der Waals surface area (Å²) in [5, 5.41) is 15.0. The average molecular weight is 450 g/mol. The number of hydrogen-bond acceptors (Lipinski definition) is 5. The van der Waals surface area contributed by atoms with Crippen molar-refractivity contribution in [1.82, 2.24) is 14.8 Å². The lowest BCUT2D eigenvalue weighted by Crippen LogP contribution is -2.17. The average Bonchev–Trinajstić information content (AvgIpc) is 3.03. The lowest BCUT2D eigenvalue weighted by molar-refractivity contribution is -0.116. The summed E-state index contributed by atoms with van der Waals surface area (Å²) < 4.78 is 1.69. The third-order valence-electron chi connectivity index (χ3n) is 3.84. The molecule has 0 fully saturated rings. The smallest absolute Gasteiger partial charge is 0.234 e. The number of carbonyl (C=O) groups is 2. The maximum absolute atomic E-state index is 12.2. The van der Waals surface area contributed by atoms with Crippen LogP contribution in [-0.2, 0) is 23.1 Å². The maximum Gasteiger partial charge on any atom is 0.234 e. The van der Waals surface area contributed by atoms with Crippen LogP contribution in [0.5, 0.6) is 0 Å². The first kappa shape index (κ1) is 21.2. The molecular weight excluding hydrogens is 433 g/mol. The van der Waals surface area contributed by atoms with Gasteiger partial charge in [-0.1, -0.05) is 53.2 Å². The van der Waals surface area contributed by atoms with E-state index < -0.39 is 0 Å². The van der Waals surface area contributed by atoms with E-state index in [1.807, 2.05) is 18.2 Å². The van der Waals surface area contributed by atoms with Crippen molar-refractivity contribution >= 4 is 58.2 Å². The van der Waals surface area contributed by atoms with Gasteiger partial charge >= 0.3 is 0 Å². The molecule has 150 valence electrons. The van der Waals surface area contributed by atoms with E-state index in [0.717, 1.165) is 0 Å². The molecule has 7 nitrogen and oxygen atoms in total. The number of nitrogens with one attached hydrogen (secondary N) is 2. The van der Waals surface area contributed by atoms with Crippen LogP contribution in [0.3, 0.4) is 0 Å². The molecule has 3 rings (SSSR count). The Morgan fingerprint density at radius 1 is 1.03 bits per heavy atom. The van der Waals surface area contributed by atoms with Gasteiger partial charge in [-0.2, -0.15) is 0 Å². The molecule has 0 saturated heterocycles. The Hall–Kier alpha value is -2.55. The first-order valence-corrected chi connectivity index (χ1v) is 10.3. The van der Waals surface area contributed by atoms with Crippen LogP contribution < -0.4 is 10.6 Å². The predicted molar refractivity (Wildman–Crippen MR) is 116 cm³/mol. The van der Waals surface area contributed by atoms with E-state index in [1.54, 1.807) is 41.9 Å². The number of nitrogens with zero attached hydrogens (tertiary/aromatic N) is 3. The molecule has 0 radical (unpaired) electrons. The van der Waals surface area contributed by atoms with E-state index in [1.165, 1.54) is 11.8 Å². The highest BCUT2D eigenvalue weighted by Crippen LogP contribution is 2.26. The van der Waals surface area contributed by atoms with E-state index >= 15 is 0 Å². The molecule has 2 amide bonds. The van der Waals surface area contributed by atoms with Crippen LogP contribution in [0, 0.1) is 0 Å². The van der Waals surface area contributed by atoms with Gasteiger partial charge in [-0.15, -0.1) is 10.2 Å². The quantitative estimate of drug-likeness (QED) is 0.531. The Balaban J connectivity index is 1.54. The van der Waals surface area contributed by atoms with Gasteiger partial charge in [0.05, 0.1) is 22.9 Å². The van der Waals surface area contributed by atoms with Gasteiger partial charge in [-0.25, -0.2) is 0 Å². The summed E-state index contributed by atoms with van der Waals surface area (Å²) in [6.45, 7) is 0. The first-order valence-electron chi connectivity index (χ1n) is 8.53. The summed E-state index contributed by atoms with van der Waals surface area (Å²) in [7, 11) is 1.75. The molecule has 0 saturated carbocycles. The molecule has 0 bridgehead atoms. The number of para-hydroxylation sites is 1. The van der Waals surface area contributed by atoms with E-state index in [-0.39, 0.29) is 24.0 Å². The van der Waals surface area contributed by atoms with Gasteiger partial charge in [0.15, 0.2) is 5.16 Å². The van der Waals surface area contributed by atoms with Crippen molar-refractivity contribution in [2.24, 2.45) is 7.05 Å². The van der Waals surface area contributed by atoms with Gasteiger partial charge in [0.1, 0.15) is 5.82 Å². The van der Waals surface area contributed by atoms with Crippen molar-refractivity contribution in [1.29, 1.82) is 0 Å². The minimum Gasteiger partial charge on any atom is -0.326 e. The highest BCUT2D eigenvalue weighted by molar-refractivity contribution is 7.99. The number of rotatable bonds is 7. The number of amides is 2. The van der Waals surface area contributed by atoms with Crippen molar-refractivity contribution in [3.63, 3.8) is 0 Å². The second kappa shape index (κ2) is 9.78. The number of carbonyl (C=O) groups excluding carboxylic acids is 2. The third-order valence-corrected chi connectivity index (χ3v) is 5.42. The maximum atomic E-state index is 12.2. The molecule has 0 spiro atoms. The summed E-state index contributed by atoms with van der Waals surface area (Å²) in [5.74, 6) is 0.145. The van der Waals surface area contributed by atoms with Crippen molar-refractivity contribution in [3.8, 4) is 0 Å². The van der Waals surface area contributed by atoms with E-state index in [0.29, 0.717) is 32.4 Å². The van der Waals surface area contributed by atoms with Gasteiger partial charge in [-0.05, 0) is 30.3 Å². The largest absolute Gasteiger partial charge is 0.326 e. The molecule has 29 heavy (non-hydrogen) atoms. The Morgan fingerprint density at radius 3 is 2.55 bits per heavy atom. The monoisotopic (exact) mass is 449 g/mol. The number of benzene rings is 2. The van der Waals surface area contributed by atoms with Crippen LogP contribution in [0.15, 0.2) is 53.7 Å². The molecular formula is C19H17Cl2N5O2S. The number of thioether (sulfide) groups is 1. The van der Waals surface area contributed by atoms with E-state index in [9.17, 15) is 9.59 Å². The third kappa shape index (κ3) is 5.96. The molecule has 0 aliphatic carbocycles. The fourth-order valence-corrected chi connectivity index (χ4v) is 3.47. The molecule has 1 aromatic heterocycles. The number of aromatic nitrogens is 3. The van der Waals surface area contributed by atoms with E-state index in [4.69, 9.17) is 23.2 Å². The van der Waals surface area contributed by atoms with Crippen molar-refractivity contribution in [2.75, 3.05) is 16.4 Å². The second-order valence-electron chi connectivity index (χ2n) is 6.01. The fraction of sp³-hybridized carbons (Fsp3) is 0.158. The van der Waals surface area contributed by atoms with Crippen LogP contribution in [-0.4, -0.2) is 32.3 Å². The highest BCUT2D eigenvalue weighted by Gasteiger charge is 2.15. The van der Waals surface area contributed by atoms with Crippen LogP contribution >= 0.6 is 35.0 Å². The minimum absolute atomic E-state index is 0.0727.